The number of methoxy groups -OCH3 is 1. The van der Waals surface area contributed by atoms with Crippen molar-refractivity contribution < 1.29 is 14.2 Å². The maximum absolute atomic E-state index is 13.0. The number of nitrogens with one attached hydrogen (secondary N) is 2. The molecule has 0 amide bonds. The van der Waals surface area contributed by atoms with Gasteiger partial charge in [0.05, 0.1) is 19.2 Å². The first-order chi connectivity index (χ1) is 17.0. The number of thiocarbonyl (C=S) groups is 1. The van der Waals surface area contributed by atoms with Gasteiger partial charge in [-0.3, -0.25) is 4.79 Å². The van der Waals surface area contributed by atoms with E-state index < -0.39 is 0 Å². The Hall–Kier alpha value is -3.75. The Labute approximate surface area is 212 Å². The van der Waals surface area contributed by atoms with Gasteiger partial charge in [-0.2, -0.15) is 0 Å². The largest absolute Gasteiger partial charge is 0.497 e. The molecule has 9 heteroatoms. The Bertz CT molecular complexity index is 1470. The van der Waals surface area contributed by atoms with E-state index in [2.05, 4.69) is 10.3 Å². The Kier molecular flexibility index (Phi) is 6.48. The Morgan fingerprint density at radius 2 is 1.94 bits per heavy atom. The molecule has 1 aromatic heterocycles. The lowest BCUT2D eigenvalue weighted by Gasteiger charge is -2.26. The van der Waals surface area contributed by atoms with E-state index in [4.69, 9.17) is 38.0 Å². The molecule has 1 aliphatic heterocycles. The van der Waals surface area contributed by atoms with Crippen LogP contribution in [0.25, 0.3) is 10.9 Å². The summed E-state index contributed by atoms with van der Waals surface area (Å²) in [6.07, 6.45) is 0. The van der Waals surface area contributed by atoms with Crippen molar-refractivity contribution in [2.75, 3.05) is 19.2 Å². The Balaban J connectivity index is 1.46. The first kappa shape index (κ1) is 23.0. The van der Waals surface area contributed by atoms with Crippen LogP contribution >= 0.6 is 23.8 Å². The van der Waals surface area contributed by atoms with Crippen molar-refractivity contribution in [1.29, 1.82) is 0 Å². The number of ether oxygens (including phenoxy) is 3. The summed E-state index contributed by atoms with van der Waals surface area (Å²) >= 11 is 11.9. The fourth-order valence-corrected chi connectivity index (χ4v) is 4.34. The molecule has 5 rings (SSSR count). The summed E-state index contributed by atoms with van der Waals surface area (Å²) < 4.78 is 16.2. The van der Waals surface area contributed by atoms with Crippen molar-refractivity contribution in [1.82, 2.24) is 9.88 Å². The van der Waals surface area contributed by atoms with Gasteiger partial charge in [0.25, 0.3) is 5.56 Å². The van der Waals surface area contributed by atoms with E-state index in [0.717, 1.165) is 16.6 Å². The molecule has 1 aliphatic rings. The highest BCUT2D eigenvalue weighted by molar-refractivity contribution is 7.80. The van der Waals surface area contributed by atoms with Crippen molar-refractivity contribution in [2.45, 2.75) is 13.1 Å². The van der Waals surface area contributed by atoms with Crippen LogP contribution in [0.15, 0.2) is 71.5 Å². The highest BCUT2D eigenvalue weighted by Gasteiger charge is 2.18. The smallest absolute Gasteiger partial charge is 0.253 e. The number of aromatic nitrogens is 1. The van der Waals surface area contributed by atoms with Gasteiger partial charge in [-0.05, 0) is 71.7 Å². The van der Waals surface area contributed by atoms with Gasteiger partial charge in [0, 0.05) is 28.9 Å². The molecule has 0 bridgehead atoms. The first-order valence-corrected chi connectivity index (χ1v) is 11.7. The SMILES string of the molecule is COc1ccc2cc(CN(Cc3ccc4c(c3)OCO4)C(=S)Nc3cccc(Cl)c3)c(=O)[nH]c2c1. The quantitative estimate of drug-likeness (QED) is 0.342. The molecule has 35 heavy (non-hydrogen) atoms. The van der Waals surface area contributed by atoms with E-state index in [1.807, 2.05) is 53.4 Å². The molecule has 2 heterocycles. The summed E-state index contributed by atoms with van der Waals surface area (Å²) in [7, 11) is 1.59. The molecule has 178 valence electrons. The van der Waals surface area contributed by atoms with Gasteiger partial charge < -0.3 is 29.4 Å². The molecule has 0 saturated carbocycles. The Morgan fingerprint density at radius 1 is 1.09 bits per heavy atom. The number of nitrogens with zero attached hydrogens (tertiary/aromatic N) is 1. The average molecular weight is 508 g/mol. The molecule has 0 fully saturated rings. The van der Waals surface area contributed by atoms with E-state index in [9.17, 15) is 4.79 Å². The van der Waals surface area contributed by atoms with Gasteiger partial charge in [0.1, 0.15) is 5.75 Å². The normalized spacial score (nSPS) is 11.9. The lowest BCUT2D eigenvalue weighted by molar-refractivity contribution is 0.174. The third-order valence-corrected chi connectivity index (χ3v) is 6.26. The second kappa shape index (κ2) is 9.85. The number of anilines is 1. The first-order valence-electron chi connectivity index (χ1n) is 10.9. The predicted octanol–water partition coefficient (Wildman–Crippen LogP) is 5.32. The molecule has 0 radical (unpaired) electrons. The van der Waals surface area contributed by atoms with Gasteiger partial charge in [0.2, 0.25) is 6.79 Å². The molecule has 0 atom stereocenters. The highest BCUT2D eigenvalue weighted by atomic mass is 35.5. The highest BCUT2D eigenvalue weighted by Crippen LogP contribution is 2.33. The summed E-state index contributed by atoms with van der Waals surface area (Å²) in [5, 5.41) is 5.19. The zero-order chi connectivity index (χ0) is 24.4. The Morgan fingerprint density at radius 3 is 2.77 bits per heavy atom. The van der Waals surface area contributed by atoms with Crippen LogP contribution in [0, 0.1) is 0 Å². The topological polar surface area (TPSA) is 75.8 Å². The summed E-state index contributed by atoms with van der Waals surface area (Å²) in [5.41, 5.74) is 2.83. The van der Waals surface area contributed by atoms with Crippen molar-refractivity contribution >= 4 is 45.5 Å². The van der Waals surface area contributed by atoms with Crippen LogP contribution < -0.4 is 25.1 Å². The number of pyridine rings is 1. The fraction of sp³-hybridized carbons (Fsp3) is 0.154. The van der Waals surface area contributed by atoms with Crippen LogP contribution in [0.3, 0.4) is 0 Å². The average Bonchev–Trinajstić information content (AvgIpc) is 3.31. The number of fused-ring (bicyclic) bond motifs is 2. The minimum absolute atomic E-state index is 0.188. The van der Waals surface area contributed by atoms with Crippen LogP contribution in [-0.4, -0.2) is 28.9 Å². The molecular formula is C26H22ClN3O4S. The monoisotopic (exact) mass is 507 g/mol. The lowest BCUT2D eigenvalue weighted by Crippen LogP contribution is -2.35. The molecule has 0 aliphatic carbocycles. The third-order valence-electron chi connectivity index (χ3n) is 5.66. The van der Waals surface area contributed by atoms with Crippen molar-refractivity contribution in [2.24, 2.45) is 0 Å². The van der Waals surface area contributed by atoms with Crippen molar-refractivity contribution in [3.8, 4) is 17.2 Å². The van der Waals surface area contributed by atoms with Gasteiger partial charge in [0.15, 0.2) is 16.6 Å². The lowest BCUT2D eigenvalue weighted by atomic mass is 10.1. The molecule has 0 saturated heterocycles. The molecule has 2 N–H and O–H groups in total. The van der Waals surface area contributed by atoms with E-state index in [-0.39, 0.29) is 18.9 Å². The van der Waals surface area contributed by atoms with Crippen LogP contribution in [0.2, 0.25) is 5.02 Å². The second-order valence-electron chi connectivity index (χ2n) is 8.06. The predicted molar refractivity (Wildman–Crippen MR) is 141 cm³/mol. The number of benzene rings is 3. The maximum Gasteiger partial charge on any atom is 0.253 e. The van der Waals surface area contributed by atoms with Gasteiger partial charge in [-0.25, -0.2) is 0 Å². The van der Waals surface area contributed by atoms with E-state index >= 15 is 0 Å². The standard InChI is InChI=1S/C26H22ClN3O4S/c1-32-21-7-6-17-10-18(25(31)29-22(17)12-21)14-30(26(35)28-20-4-2-3-19(27)11-20)13-16-5-8-23-24(9-16)34-15-33-23/h2-12H,13-15H2,1H3,(H,28,35)(H,29,31). The fourth-order valence-electron chi connectivity index (χ4n) is 3.90. The third kappa shape index (κ3) is 5.18. The van der Waals surface area contributed by atoms with Crippen LogP contribution in [0.1, 0.15) is 11.1 Å². The minimum atomic E-state index is -0.188. The number of aromatic amines is 1. The van der Waals surface area contributed by atoms with Crippen molar-refractivity contribution in [3.05, 3.63) is 93.2 Å². The van der Waals surface area contributed by atoms with E-state index in [1.54, 1.807) is 25.3 Å². The molecular weight excluding hydrogens is 486 g/mol. The number of hydrogen-bond acceptors (Lipinski definition) is 5. The van der Waals surface area contributed by atoms with Gasteiger partial charge >= 0.3 is 0 Å². The van der Waals surface area contributed by atoms with Crippen molar-refractivity contribution in [3.63, 3.8) is 0 Å². The van der Waals surface area contributed by atoms with Gasteiger partial charge in [-0.15, -0.1) is 0 Å². The second-order valence-corrected chi connectivity index (χ2v) is 8.88. The molecule has 4 aromatic rings. The summed E-state index contributed by atoms with van der Waals surface area (Å²) in [6, 6.07) is 20.5. The summed E-state index contributed by atoms with van der Waals surface area (Å²) in [5.74, 6) is 2.08. The summed E-state index contributed by atoms with van der Waals surface area (Å²) in [6.45, 7) is 0.940. The van der Waals surface area contributed by atoms with E-state index in [0.29, 0.717) is 45.0 Å². The summed E-state index contributed by atoms with van der Waals surface area (Å²) in [4.78, 5) is 17.8. The van der Waals surface area contributed by atoms with E-state index in [1.165, 1.54) is 0 Å². The zero-order valence-electron chi connectivity index (χ0n) is 18.8. The molecule has 0 spiro atoms. The molecule has 3 aromatic carbocycles. The zero-order valence-corrected chi connectivity index (χ0v) is 20.4. The number of H-pyrrole nitrogens is 1. The number of rotatable bonds is 6. The van der Waals surface area contributed by atoms with Crippen LogP contribution in [-0.2, 0) is 13.1 Å². The number of hydrogen-bond donors (Lipinski definition) is 2. The molecule has 7 nitrogen and oxygen atoms in total. The minimum Gasteiger partial charge on any atom is -0.497 e. The van der Waals surface area contributed by atoms with Crippen LogP contribution in [0.5, 0.6) is 17.2 Å². The van der Waals surface area contributed by atoms with Crippen LogP contribution in [0.4, 0.5) is 5.69 Å². The molecule has 0 unspecified atom stereocenters. The van der Waals surface area contributed by atoms with Gasteiger partial charge in [-0.1, -0.05) is 23.7 Å². The maximum atomic E-state index is 13.0. The number of halogens is 1.